The van der Waals surface area contributed by atoms with Gasteiger partial charge in [-0.2, -0.15) is 0 Å². The molecule has 0 aromatic heterocycles. The molecule has 0 atom stereocenters. The molecular weight excluding hydrogens is 328 g/mol. The Labute approximate surface area is 155 Å². The number of carbonyl (C=O) groups is 1. The van der Waals surface area contributed by atoms with Crippen LogP contribution < -0.4 is 20.1 Å². The van der Waals surface area contributed by atoms with Gasteiger partial charge in [0.05, 0.1) is 25.4 Å². The van der Waals surface area contributed by atoms with Gasteiger partial charge in [0.2, 0.25) is 5.91 Å². The SMILES string of the molecule is CCCCOc1ccccc1NCC(=O)Nc1cccc(OCCC)c1. The van der Waals surface area contributed by atoms with E-state index in [0.717, 1.165) is 42.1 Å². The molecule has 1 amide bonds. The molecule has 2 aromatic carbocycles. The van der Waals surface area contributed by atoms with Gasteiger partial charge in [-0.1, -0.05) is 38.5 Å². The lowest BCUT2D eigenvalue weighted by Crippen LogP contribution is -2.22. The molecule has 0 aliphatic rings. The van der Waals surface area contributed by atoms with Crippen molar-refractivity contribution in [3.63, 3.8) is 0 Å². The van der Waals surface area contributed by atoms with Crippen LogP contribution in [0.2, 0.25) is 0 Å². The Balaban J connectivity index is 1.87. The van der Waals surface area contributed by atoms with Crippen molar-refractivity contribution >= 4 is 17.3 Å². The van der Waals surface area contributed by atoms with Crippen LogP contribution in [0.15, 0.2) is 48.5 Å². The third-order valence-corrected chi connectivity index (χ3v) is 3.67. The predicted octanol–water partition coefficient (Wildman–Crippen LogP) is 4.70. The van der Waals surface area contributed by atoms with Crippen molar-refractivity contribution in [2.45, 2.75) is 33.1 Å². The normalized spacial score (nSPS) is 10.2. The standard InChI is InChI=1S/C21H28N2O3/c1-3-5-14-26-20-12-7-6-11-19(20)22-16-21(24)23-17-9-8-10-18(15-17)25-13-4-2/h6-12,15,22H,3-5,13-14,16H2,1-2H3,(H,23,24). The van der Waals surface area contributed by atoms with Crippen molar-refractivity contribution in [3.05, 3.63) is 48.5 Å². The van der Waals surface area contributed by atoms with Gasteiger partial charge in [-0.05, 0) is 37.1 Å². The number of amides is 1. The Hall–Kier alpha value is -2.69. The predicted molar refractivity (Wildman–Crippen MR) is 106 cm³/mol. The maximum Gasteiger partial charge on any atom is 0.243 e. The minimum Gasteiger partial charge on any atom is -0.494 e. The van der Waals surface area contributed by atoms with Crippen molar-refractivity contribution in [1.82, 2.24) is 0 Å². The number of anilines is 2. The van der Waals surface area contributed by atoms with E-state index in [0.29, 0.717) is 13.2 Å². The first-order valence-corrected chi connectivity index (χ1v) is 9.21. The second-order valence-electron chi connectivity index (χ2n) is 5.98. The minimum atomic E-state index is -0.124. The van der Waals surface area contributed by atoms with Crippen LogP contribution in [0.25, 0.3) is 0 Å². The fourth-order valence-corrected chi connectivity index (χ4v) is 2.33. The molecule has 0 saturated carbocycles. The van der Waals surface area contributed by atoms with Crippen LogP contribution in [0.4, 0.5) is 11.4 Å². The van der Waals surface area contributed by atoms with Gasteiger partial charge in [0.25, 0.3) is 0 Å². The second kappa shape index (κ2) is 11.0. The fourth-order valence-electron chi connectivity index (χ4n) is 2.33. The summed E-state index contributed by atoms with van der Waals surface area (Å²) < 4.78 is 11.4. The number of unbranched alkanes of at least 4 members (excludes halogenated alkanes) is 1. The number of nitrogens with one attached hydrogen (secondary N) is 2. The largest absolute Gasteiger partial charge is 0.494 e. The van der Waals surface area contributed by atoms with Crippen molar-refractivity contribution < 1.29 is 14.3 Å². The van der Waals surface area contributed by atoms with Crippen LogP contribution in [0.5, 0.6) is 11.5 Å². The van der Waals surface area contributed by atoms with E-state index in [9.17, 15) is 4.79 Å². The number of ether oxygens (including phenoxy) is 2. The van der Waals surface area contributed by atoms with E-state index >= 15 is 0 Å². The molecule has 2 N–H and O–H groups in total. The molecule has 0 fully saturated rings. The Kier molecular flexibility index (Phi) is 8.33. The Morgan fingerprint density at radius 2 is 1.81 bits per heavy atom. The first kappa shape index (κ1) is 19.6. The van der Waals surface area contributed by atoms with Gasteiger partial charge < -0.3 is 20.1 Å². The zero-order valence-electron chi connectivity index (χ0n) is 15.6. The van der Waals surface area contributed by atoms with E-state index in [2.05, 4.69) is 24.5 Å². The number of carbonyl (C=O) groups excluding carboxylic acids is 1. The highest BCUT2D eigenvalue weighted by molar-refractivity contribution is 5.94. The lowest BCUT2D eigenvalue weighted by molar-refractivity contribution is -0.114. The number of hydrogen-bond donors (Lipinski definition) is 2. The summed E-state index contributed by atoms with van der Waals surface area (Å²) in [5, 5.41) is 6.02. The summed E-state index contributed by atoms with van der Waals surface area (Å²) in [6.07, 6.45) is 3.03. The molecule has 140 valence electrons. The van der Waals surface area contributed by atoms with Crippen LogP contribution in [-0.2, 0) is 4.79 Å². The molecule has 0 radical (unpaired) electrons. The zero-order chi connectivity index (χ0) is 18.6. The highest BCUT2D eigenvalue weighted by Crippen LogP contribution is 2.24. The summed E-state index contributed by atoms with van der Waals surface area (Å²) >= 11 is 0. The molecule has 0 spiro atoms. The van der Waals surface area contributed by atoms with Gasteiger partial charge in [-0.3, -0.25) is 4.79 Å². The van der Waals surface area contributed by atoms with E-state index in [1.807, 2.05) is 48.5 Å². The van der Waals surface area contributed by atoms with E-state index in [1.54, 1.807) is 0 Å². The molecule has 0 aliphatic heterocycles. The Morgan fingerprint density at radius 3 is 2.62 bits per heavy atom. The number of rotatable bonds is 11. The smallest absolute Gasteiger partial charge is 0.243 e. The Morgan fingerprint density at radius 1 is 0.962 bits per heavy atom. The zero-order valence-corrected chi connectivity index (χ0v) is 15.6. The molecule has 0 heterocycles. The van der Waals surface area contributed by atoms with Crippen LogP contribution in [0.3, 0.4) is 0 Å². The van der Waals surface area contributed by atoms with Gasteiger partial charge in [0.15, 0.2) is 0 Å². The quantitative estimate of drug-likeness (QED) is 0.573. The summed E-state index contributed by atoms with van der Waals surface area (Å²) in [6, 6.07) is 15.1. The highest BCUT2D eigenvalue weighted by atomic mass is 16.5. The molecule has 2 rings (SSSR count). The average Bonchev–Trinajstić information content (AvgIpc) is 2.66. The molecule has 26 heavy (non-hydrogen) atoms. The average molecular weight is 356 g/mol. The fraction of sp³-hybridized carbons (Fsp3) is 0.381. The topological polar surface area (TPSA) is 59.6 Å². The van der Waals surface area contributed by atoms with Crippen LogP contribution in [0.1, 0.15) is 33.1 Å². The number of para-hydroxylation sites is 2. The Bertz CT molecular complexity index is 688. The molecule has 2 aromatic rings. The van der Waals surface area contributed by atoms with Crippen molar-refractivity contribution in [2.24, 2.45) is 0 Å². The summed E-state index contributed by atoms with van der Waals surface area (Å²) in [5.41, 5.74) is 1.54. The summed E-state index contributed by atoms with van der Waals surface area (Å²) in [4.78, 5) is 12.2. The maximum atomic E-state index is 12.2. The molecule has 0 aliphatic carbocycles. The summed E-state index contributed by atoms with van der Waals surface area (Å²) in [5.74, 6) is 1.40. The lowest BCUT2D eigenvalue weighted by atomic mass is 10.2. The van der Waals surface area contributed by atoms with Crippen molar-refractivity contribution in [1.29, 1.82) is 0 Å². The minimum absolute atomic E-state index is 0.124. The van der Waals surface area contributed by atoms with Crippen LogP contribution >= 0.6 is 0 Å². The third-order valence-electron chi connectivity index (χ3n) is 3.67. The lowest BCUT2D eigenvalue weighted by Gasteiger charge is -2.13. The van der Waals surface area contributed by atoms with Crippen LogP contribution in [0, 0.1) is 0 Å². The van der Waals surface area contributed by atoms with Crippen LogP contribution in [-0.4, -0.2) is 25.7 Å². The molecule has 5 heteroatoms. The van der Waals surface area contributed by atoms with E-state index in [-0.39, 0.29) is 12.5 Å². The first-order valence-electron chi connectivity index (χ1n) is 9.21. The second-order valence-corrected chi connectivity index (χ2v) is 5.98. The number of hydrogen-bond acceptors (Lipinski definition) is 4. The van der Waals surface area contributed by atoms with E-state index < -0.39 is 0 Å². The molecule has 0 unspecified atom stereocenters. The van der Waals surface area contributed by atoms with Crippen molar-refractivity contribution in [3.8, 4) is 11.5 Å². The molecule has 0 bridgehead atoms. The van der Waals surface area contributed by atoms with Gasteiger partial charge in [0, 0.05) is 11.8 Å². The summed E-state index contributed by atoms with van der Waals surface area (Å²) in [6.45, 7) is 5.68. The monoisotopic (exact) mass is 356 g/mol. The molecule has 5 nitrogen and oxygen atoms in total. The van der Waals surface area contributed by atoms with Gasteiger partial charge in [-0.15, -0.1) is 0 Å². The third kappa shape index (κ3) is 6.67. The van der Waals surface area contributed by atoms with E-state index in [4.69, 9.17) is 9.47 Å². The molecule has 0 saturated heterocycles. The number of benzene rings is 2. The van der Waals surface area contributed by atoms with Crippen molar-refractivity contribution in [2.75, 3.05) is 30.4 Å². The van der Waals surface area contributed by atoms with Gasteiger partial charge in [0.1, 0.15) is 11.5 Å². The first-order chi connectivity index (χ1) is 12.7. The van der Waals surface area contributed by atoms with Gasteiger partial charge >= 0.3 is 0 Å². The summed E-state index contributed by atoms with van der Waals surface area (Å²) in [7, 11) is 0. The van der Waals surface area contributed by atoms with E-state index in [1.165, 1.54) is 0 Å². The highest BCUT2D eigenvalue weighted by Gasteiger charge is 2.07. The molecular formula is C21H28N2O3. The maximum absolute atomic E-state index is 12.2. The van der Waals surface area contributed by atoms with Gasteiger partial charge in [-0.25, -0.2) is 0 Å².